The van der Waals surface area contributed by atoms with Gasteiger partial charge in [-0.15, -0.1) is 0 Å². The van der Waals surface area contributed by atoms with Crippen LogP contribution >= 0.6 is 0 Å². The molecule has 0 aliphatic heterocycles. The molecule has 0 aromatic rings. The molecule has 0 heterocycles. The lowest BCUT2D eigenvalue weighted by molar-refractivity contribution is 0.989. The highest BCUT2D eigenvalue weighted by molar-refractivity contribution is 5.54. The summed E-state index contributed by atoms with van der Waals surface area (Å²) in [4.78, 5) is 3.77. The number of rotatable bonds is 3. The van der Waals surface area contributed by atoms with Crippen LogP contribution in [0.5, 0.6) is 0 Å². The third-order valence-corrected chi connectivity index (χ3v) is 0.609. The Kier molecular flexibility index (Phi) is 5.73. The van der Waals surface area contributed by atoms with Crippen molar-refractivity contribution in [3.05, 3.63) is 12.4 Å². The molecule has 0 aromatic heterocycles. The number of nitriles is 1. The number of nitrogens with one attached hydrogen (secondary N) is 1. The predicted molar refractivity (Wildman–Crippen MR) is 36.9 cm³/mol. The van der Waals surface area contributed by atoms with Gasteiger partial charge in [0.2, 0.25) is 0 Å². The van der Waals surface area contributed by atoms with E-state index in [1.54, 1.807) is 18.6 Å². The first-order valence-electron chi connectivity index (χ1n) is 2.65. The summed E-state index contributed by atoms with van der Waals surface area (Å²) in [5.74, 6) is 0. The van der Waals surface area contributed by atoms with E-state index in [-0.39, 0.29) is 0 Å². The minimum Gasteiger partial charge on any atom is -0.377 e. The summed E-state index contributed by atoms with van der Waals surface area (Å²) in [6, 6.07) is 1.93. The first-order chi connectivity index (χ1) is 4.41. The van der Waals surface area contributed by atoms with E-state index in [2.05, 4.69) is 10.3 Å². The van der Waals surface area contributed by atoms with E-state index in [9.17, 15) is 0 Å². The molecule has 0 rings (SSSR count). The second-order valence-electron chi connectivity index (χ2n) is 1.26. The Morgan fingerprint density at radius 3 is 3.11 bits per heavy atom. The Bertz CT molecular complexity index is 141. The summed E-state index contributed by atoms with van der Waals surface area (Å²) in [5.41, 5.74) is 0. The molecule has 0 saturated carbocycles. The number of aliphatic imine (C=N–C) groups is 1. The van der Waals surface area contributed by atoms with Crippen molar-refractivity contribution in [3.8, 4) is 6.07 Å². The standard InChI is InChI=1S/C6H9N3/c1-2-8-5-6-9-4-3-7/h2,5-6,9H,4H2,1H3/b6-5-,8-2?. The molecule has 0 unspecified atom stereocenters. The smallest absolute Gasteiger partial charge is 0.103 e. The number of nitrogens with zero attached hydrogens (tertiary/aromatic N) is 2. The summed E-state index contributed by atoms with van der Waals surface area (Å²) in [7, 11) is 0. The van der Waals surface area contributed by atoms with Gasteiger partial charge in [-0.05, 0) is 6.92 Å². The van der Waals surface area contributed by atoms with Crippen LogP contribution in [0.3, 0.4) is 0 Å². The Morgan fingerprint density at radius 2 is 2.56 bits per heavy atom. The lowest BCUT2D eigenvalue weighted by Gasteiger charge is -1.84. The van der Waals surface area contributed by atoms with E-state index in [4.69, 9.17) is 5.26 Å². The monoisotopic (exact) mass is 123 g/mol. The fraction of sp³-hybridized carbons (Fsp3) is 0.333. The molecule has 9 heavy (non-hydrogen) atoms. The zero-order chi connectivity index (χ0) is 6.95. The molecule has 0 bridgehead atoms. The van der Waals surface area contributed by atoms with Crippen molar-refractivity contribution in [2.75, 3.05) is 6.54 Å². The summed E-state index contributed by atoms with van der Waals surface area (Å²) in [6.07, 6.45) is 4.89. The minimum absolute atomic E-state index is 0.329. The summed E-state index contributed by atoms with van der Waals surface area (Å²) in [5, 5.41) is 10.8. The second kappa shape index (κ2) is 6.70. The number of hydrogen-bond acceptors (Lipinski definition) is 3. The molecule has 48 valence electrons. The van der Waals surface area contributed by atoms with Crippen LogP contribution in [0.15, 0.2) is 17.4 Å². The van der Waals surface area contributed by atoms with Gasteiger partial charge in [-0.2, -0.15) is 5.26 Å². The van der Waals surface area contributed by atoms with Gasteiger partial charge in [0, 0.05) is 18.6 Å². The number of hydrogen-bond donors (Lipinski definition) is 1. The molecule has 0 amide bonds. The average Bonchev–Trinajstić information content (AvgIpc) is 1.89. The summed E-state index contributed by atoms with van der Waals surface area (Å²) >= 11 is 0. The van der Waals surface area contributed by atoms with E-state index < -0.39 is 0 Å². The van der Waals surface area contributed by atoms with Gasteiger partial charge < -0.3 is 5.32 Å². The van der Waals surface area contributed by atoms with Gasteiger partial charge in [0.05, 0.1) is 6.07 Å². The van der Waals surface area contributed by atoms with Gasteiger partial charge in [-0.3, -0.25) is 4.99 Å². The molecule has 3 heteroatoms. The third-order valence-electron chi connectivity index (χ3n) is 0.609. The summed E-state index contributed by atoms with van der Waals surface area (Å²) < 4.78 is 0. The van der Waals surface area contributed by atoms with Crippen molar-refractivity contribution < 1.29 is 0 Å². The lowest BCUT2D eigenvalue weighted by atomic mass is 10.7. The van der Waals surface area contributed by atoms with Crippen LogP contribution in [0.4, 0.5) is 0 Å². The molecule has 0 radical (unpaired) electrons. The topological polar surface area (TPSA) is 48.2 Å². The van der Waals surface area contributed by atoms with E-state index >= 15 is 0 Å². The third kappa shape index (κ3) is 6.70. The first kappa shape index (κ1) is 7.70. The molecule has 0 spiro atoms. The van der Waals surface area contributed by atoms with E-state index in [0.717, 1.165) is 0 Å². The molecule has 0 aliphatic carbocycles. The van der Waals surface area contributed by atoms with Gasteiger partial charge in [0.1, 0.15) is 6.54 Å². The summed E-state index contributed by atoms with van der Waals surface area (Å²) in [6.45, 7) is 2.16. The molecule has 3 nitrogen and oxygen atoms in total. The second-order valence-corrected chi connectivity index (χ2v) is 1.26. The molecule has 1 N–H and O–H groups in total. The van der Waals surface area contributed by atoms with Gasteiger partial charge in [0.15, 0.2) is 0 Å². The molecular formula is C6H9N3. The van der Waals surface area contributed by atoms with Crippen LogP contribution in [-0.4, -0.2) is 12.8 Å². The van der Waals surface area contributed by atoms with Crippen molar-refractivity contribution in [1.82, 2.24) is 5.32 Å². The Labute approximate surface area is 54.7 Å². The quantitative estimate of drug-likeness (QED) is 0.340. The molecular weight excluding hydrogens is 114 g/mol. The van der Waals surface area contributed by atoms with Gasteiger partial charge in [-0.25, -0.2) is 0 Å². The van der Waals surface area contributed by atoms with Crippen molar-refractivity contribution in [1.29, 1.82) is 5.26 Å². The maximum Gasteiger partial charge on any atom is 0.103 e. The highest BCUT2D eigenvalue weighted by atomic mass is 14.8. The van der Waals surface area contributed by atoms with E-state index in [0.29, 0.717) is 6.54 Å². The maximum atomic E-state index is 8.04. The zero-order valence-corrected chi connectivity index (χ0v) is 5.33. The Balaban J connectivity index is 3.17. The molecule has 0 saturated heterocycles. The first-order valence-corrected chi connectivity index (χ1v) is 2.65. The Hall–Kier alpha value is -1.30. The average molecular weight is 123 g/mol. The Morgan fingerprint density at radius 1 is 1.78 bits per heavy atom. The zero-order valence-electron chi connectivity index (χ0n) is 5.33. The van der Waals surface area contributed by atoms with Gasteiger partial charge in [-0.1, -0.05) is 0 Å². The lowest BCUT2D eigenvalue weighted by Crippen LogP contribution is -2.02. The molecule has 0 fully saturated rings. The normalized spacial score (nSPS) is 10.2. The largest absolute Gasteiger partial charge is 0.377 e. The van der Waals surface area contributed by atoms with Crippen LogP contribution in [0.1, 0.15) is 6.92 Å². The molecule has 0 atom stereocenters. The predicted octanol–water partition coefficient (Wildman–Crippen LogP) is 0.661. The fourth-order valence-electron chi connectivity index (χ4n) is 0.286. The van der Waals surface area contributed by atoms with E-state index in [1.165, 1.54) is 0 Å². The van der Waals surface area contributed by atoms with Crippen LogP contribution < -0.4 is 5.32 Å². The molecule has 0 aromatic carbocycles. The van der Waals surface area contributed by atoms with Crippen LogP contribution in [0.25, 0.3) is 0 Å². The molecule has 0 aliphatic rings. The van der Waals surface area contributed by atoms with Crippen molar-refractivity contribution in [2.45, 2.75) is 6.92 Å². The van der Waals surface area contributed by atoms with Crippen LogP contribution in [0, 0.1) is 11.3 Å². The minimum atomic E-state index is 0.329. The maximum absolute atomic E-state index is 8.04. The van der Waals surface area contributed by atoms with Crippen molar-refractivity contribution in [3.63, 3.8) is 0 Å². The van der Waals surface area contributed by atoms with E-state index in [1.807, 2.05) is 13.0 Å². The van der Waals surface area contributed by atoms with Crippen LogP contribution in [0.2, 0.25) is 0 Å². The SMILES string of the molecule is CC=N/C=C\NCC#N. The highest BCUT2D eigenvalue weighted by Crippen LogP contribution is 1.67. The van der Waals surface area contributed by atoms with Crippen molar-refractivity contribution in [2.24, 2.45) is 4.99 Å². The van der Waals surface area contributed by atoms with Gasteiger partial charge in [0.25, 0.3) is 0 Å². The van der Waals surface area contributed by atoms with Crippen molar-refractivity contribution >= 4 is 6.21 Å². The fourth-order valence-corrected chi connectivity index (χ4v) is 0.286. The highest BCUT2D eigenvalue weighted by Gasteiger charge is 1.68. The van der Waals surface area contributed by atoms with Crippen LogP contribution in [-0.2, 0) is 0 Å². The van der Waals surface area contributed by atoms with Gasteiger partial charge >= 0.3 is 0 Å².